The first-order chi connectivity index (χ1) is 9.56. The maximum atomic E-state index is 11.9. The molecule has 0 radical (unpaired) electrons. The van der Waals surface area contributed by atoms with Crippen molar-refractivity contribution in [1.29, 1.82) is 0 Å². The Balaban J connectivity index is 1.82. The minimum absolute atomic E-state index is 0.0347. The number of rotatable bonds is 5. The summed E-state index contributed by atoms with van der Waals surface area (Å²) < 4.78 is 0.919. The number of hydrogen-bond donors (Lipinski definition) is 1. The molecule has 1 N–H and O–H groups in total. The second kappa shape index (κ2) is 6.85. The molecule has 6 heteroatoms. The van der Waals surface area contributed by atoms with Crippen LogP contribution in [0.5, 0.6) is 0 Å². The van der Waals surface area contributed by atoms with Gasteiger partial charge in [-0.3, -0.25) is 4.79 Å². The van der Waals surface area contributed by atoms with Crippen molar-refractivity contribution >= 4 is 34.7 Å². The first-order valence-electron chi connectivity index (χ1n) is 6.35. The van der Waals surface area contributed by atoms with Gasteiger partial charge in [-0.2, -0.15) is 0 Å². The van der Waals surface area contributed by atoms with Crippen LogP contribution in [-0.4, -0.2) is 21.9 Å². The van der Waals surface area contributed by atoms with E-state index < -0.39 is 0 Å². The lowest BCUT2D eigenvalue weighted by molar-refractivity contribution is -0.115. The monoisotopic (exact) mass is 307 g/mol. The van der Waals surface area contributed by atoms with E-state index in [4.69, 9.17) is 0 Å². The van der Waals surface area contributed by atoms with Crippen LogP contribution in [0, 0.1) is 20.8 Å². The Morgan fingerprint density at radius 1 is 1.30 bits per heavy atom. The molecule has 2 rings (SSSR count). The Morgan fingerprint density at radius 3 is 2.80 bits per heavy atom. The van der Waals surface area contributed by atoms with Crippen molar-refractivity contribution in [2.75, 3.05) is 11.1 Å². The summed E-state index contributed by atoms with van der Waals surface area (Å²) in [6, 6.07) is 5.93. The summed E-state index contributed by atoms with van der Waals surface area (Å²) in [5, 5.41) is 11.9. The summed E-state index contributed by atoms with van der Waals surface area (Å²) in [7, 11) is 0. The zero-order valence-electron chi connectivity index (χ0n) is 11.8. The van der Waals surface area contributed by atoms with Crippen LogP contribution in [-0.2, 0) is 4.79 Å². The fourth-order valence-corrected chi connectivity index (χ4v) is 3.49. The molecule has 0 aliphatic rings. The zero-order valence-corrected chi connectivity index (χ0v) is 13.4. The van der Waals surface area contributed by atoms with E-state index in [0.29, 0.717) is 12.2 Å². The highest BCUT2D eigenvalue weighted by Gasteiger charge is 2.07. The molecule has 2 aromatic rings. The van der Waals surface area contributed by atoms with Crippen LogP contribution in [0.4, 0.5) is 5.69 Å². The van der Waals surface area contributed by atoms with Crippen LogP contribution in [0.3, 0.4) is 0 Å². The minimum atomic E-state index is 0.0347. The summed E-state index contributed by atoms with van der Waals surface area (Å²) >= 11 is 3.13. The van der Waals surface area contributed by atoms with Gasteiger partial charge in [-0.05, 0) is 38.0 Å². The van der Waals surface area contributed by atoms with E-state index in [-0.39, 0.29) is 5.91 Å². The first kappa shape index (κ1) is 15.0. The lowest BCUT2D eigenvalue weighted by Crippen LogP contribution is -2.13. The molecule has 0 fully saturated rings. The van der Waals surface area contributed by atoms with E-state index in [1.165, 1.54) is 5.56 Å². The van der Waals surface area contributed by atoms with Crippen molar-refractivity contribution in [3.05, 3.63) is 34.3 Å². The number of anilines is 1. The average Bonchev–Trinajstić information content (AvgIpc) is 2.81. The van der Waals surface area contributed by atoms with Gasteiger partial charge in [0, 0.05) is 17.9 Å². The van der Waals surface area contributed by atoms with Crippen molar-refractivity contribution in [3.8, 4) is 0 Å². The number of aryl methyl sites for hydroxylation is 2. The Labute approximate surface area is 127 Å². The molecular weight excluding hydrogens is 290 g/mol. The highest BCUT2D eigenvalue weighted by atomic mass is 32.2. The summed E-state index contributed by atoms with van der Waals surface area (Å²) in [6.07, 6.45) is 0.469. The smallest absolute Gasteiger partial charge is 0.225 e. The van der Waals surface area contributed by atoms with Crippen molar-refractivity contribution < 1.29 is 4.79 Å². The number of benzene rings is 1. The van der Waals surface area contributed by atoms with Gasteiger partial charge in [0.25, 0.3) is 0 Å². The Bertz CT molecular complexity index is 610. The molecule has 1 amide bonds. The standard InChI is InChI=1S/C14H17N3OS2/c1-9-5-4-6-12(10(9)2)15-13(18)7-8-19-14-17-16-11(3)20-14/h4-6H,7-8H2,1-3H3,(H,15,18). The first-order valence-corrected chi connectivity index (χ1v) is 8.15. The maximum absolute atomic E-state index is 11.9. The lowest BCUT2D eigenvalue weighted by atomic mass is 10.1. The second-order valence-electron chi connectivity index (χ2n) is 4.48. The molecule has 0 aliphatic carbocycles. The fourth-order valence-electron chi connectivity index (χ4n) is 1.67. The molecule has 4 nitrogen and oxygen atoms in total. The van der Waals surface area contributed by atoms with Crippen LogP contribution >= 0.6 is 23.1 Å². The van der Waals surface area contributed by atoms with Crippen LogP contribution in [0.15, 0.2) is 22.5 Å². The number of thioether (sulfide) groups is 1. The van der Waals surface area contributed by atoms with Crippen LogP contribution in [0.1, 0.15) is 22.6 Å². The number of carbonyl (C=O) groups is 1. The van der Waals surface area contributed by atoms with E-state index in [1.54, 1.807) is 23.1 Å². The highest BCUT2D eigenvalue weighted by Crippen LogP contribution is 2.23. The Morgan fingerprint density at radius 2 is 2.10 bits per heavy atom. The summed E-state index contributed by atoms with van der Waals surface area (Å²) in [5.74, 6) is 0.748. The van der Waals surface area contributed by atoms with Gasteiger partial charge in [-0.1, -0.05) is 35.2 Å². The van der Waals surface area contributed by atoms with Gasteiger partial charge in [0.2, 0.25) is 5.91 Å². The summed E-state index contributed by atoms with van der Waals surface area (Å²) in [4.78, 5) is 11.9. The fraction of sp³-hybridized carbons (Fsp3) is 0.357. The molecule has 0 aliphatic heterocycles. The van der Waals surface area contributed by atoms with Crippen molar-refractivity contribution in [3.63, 3.8) is 0 Å². The number of nitrogens with zero attached hydrogens (tertiary/aromatic N) is 2. The minimum Gasteiger partial charge on any atom is -0.326 e. The molecule has 0 atom stereocenters. The molecule has 1 aromatic carbocycles. The highest BCUT2D eigenvalue weighted by molar-refractivity contribution is 8.01. The van der Waals surface area contributed by atoms with E-state index in [9.17, 15) is 4.79 Å². The van der Waals surface area contributed by atoms with Crippen LogP contribution in [0.2, 0.25) is 0 Å². The van der Waals surface area contributed by atoms with Crippen LogP contribution in [0.25, 0.3) is 0 Å². The Hall–Kier alpha value is -1.40. The topological polar surface area (TPSA) is 54.9 Å². The molecule has 20 heavy (non-hydrogen) atoms. The van der Waals surface area contributed by atoms with Gasteiger partial charge in [-0.15, -0.1) is 10.2 Å². The summed E-state index contributed by atoms with van der Waals surface area (Å²) in [6.45, 7) is 5.98. The largest absolute Gasteiger partial charge is 0.326 e. The molecule has 0 bridgehead atoms. The number of nitrogens with one attached hydrogen (secondary N) is 1. The third kappa shape index (κ3) is 4.05. The molecule has 0 saturated heterocycles. The zero-order chi connectivity index (χ0) is 14.5. The third-order valence-electron chi connectivity index (χ3n) is 2.94. The van der Waals surface area contributed by atoms with Crippen molar-refractivity contribution in [2.24, 2.45) is 0 Å². The van der Waals surface area contributed by atoms with E-state index in [0.717, 1.165) is 20.6 Å². The van der Waals surface area contributed by atoms with Gasteiger partial charge < -0.3 is 5.32 Å². The van der Waals surface area contributed by atoms with Crippen LogP contribution < -0.4 is 5.32 Å². The number of aromatic nitrogens is 2. The van der Waals surface area contributed by atoms with E-state index >= 15 is 0 Å². The normalized spacial score (nSPS) is 10.6. The average molecular weight is 307 g/mol. The maximum Gasteiger partial charge on any atom is 0.225 e. The number of amides is 1. The summed E-state index contributed by atoms with van der Waals surface area (Å²) in [5.41, 5.74) is 3.20. The predicted octanol–water partition coefficient (Wildman–Crippen LogP) is 3.58. The molecule has 106 valence electrons. The van der Waals surface area contributed by atoms with Crippen molar-refractivity contribution in [2.45, 2.75) is 31.5 Å². The molecule has 1 aromatic heterocycles. The Kier molecular flexibility index (Phi) is 5.14. The molecule has 1 heterocycles. The molecular formula is C14H17N3OS2. The third-order valence-corrected chi connectivity index (χ3v) is 4.91. The van der Waals surface area contributed by atoms with Gasteiger partial charge >= 0.3 is 0 Å². The predicted molar refractivity (Wildman–Crippen MR) is 84.5 cm³/mol. The van der Waals surface area contributed by atoms with E-state index in [1.807, 2.05) is 39.0 Å². The number of hydrogen-bond acceptors (Lipinski definition) is 5. The van der Waals surface area contributed by atoms with Gasteiger partial charge in [0.15, 0.2) is 4.34 Å². The quantitative estimate of drug-likeness (QED) is 0.858. The van der Waals surface area contributed by atoms with Gasteiger partial charge in [0.05, 0.1) is 0 Å². The molecule has 0 unspecified atom stereocenters. The molecule has 0 saturated carbocycles. The van der Waals surface area contributed by atoms with E-state index in [2.05, 4.69) is 15.5 Å². The lowest BCUT2D eigenvalue weighted by Gasteiger charge is -2.09. The number of carbonyl (C=O) groups excluding carboxylic acids is 1. The SMILES string of the molecule is Cc1nnc(SCCC(=O)Nc2cccc(C)c2C)s1. The van der Waals surface area contributed by atoms with Gasteiger partial charge in [0.1, 0.15) is 5.01 Å². The molecule has 0 spiro atoms. The van der Waals surface area contributed by atoms with Gasteiger partial charge in [-0.25, -0.2) is 0 Å². The second-order valence-corrected chi connectivity index (χ2v) is 7.00. The van der Waals surface area contributed by atoms with Crippen molar-refractivity contribution in [1.82, 2.24) is 10.2 Å².